The Labute approximate surface area is 127 Å². The molecular formula is C13H13N3O3S2. The summed E-state index contributed by atoms with van der Waals surface area (Å²) < 4.78 is 26.1. The molecule has 2 rings (SSSR count). The van der Waals surface area contributed by atoms with E-state index in [4.69, 9.17) is 6.42 Å². The van der Waals surface area contributed by atoms with Gasteiger partial charge in [0, 0.05) is 11.3 Å². The number of terminal acetylenes is 1. The first kappa shape index (κ1) is 15.6. The zero-order chi connectivity index (χ0) is 15.3. The largest absolute Gasteiger partial charge is 0.301 e. The standard InChI is InChI=1S/C13H13N3O3S2/c1-2-6-15-21(18,19)11-5-3-4-10(9-11)12(17)16-13-14-7-8-20-13/h1,3-5,9,15H,6-8H2,(H,14,16,17). The van der Waals surface area contributed by atoms with Crippen molar-refractivity contribution in [2.75, 3.05) is 18.8 Å². The van der Waals surface area contributed by atoms with Gasteiger partial charge in [-0.15, -0.1) is 6.42 Å². The lowest BCUT2D eigenvalue weighted by atomic mass is 10.2. The van der Waals surface area contributed by atoms with Gasteiger partial charge in [-0.2, -0.15) is 4.72 Å². The minimum Gasteiger partial charge on any atom is -0.301 e. The molecule has 0 saturated carbocycles. The van der Waals surface area contributed by atoms with E-state index in [1.807, 2.05) is 0 Å². The van der Waals surface area contributed by atoms with Gasteiger partial charge in [-0.3, -0.25) is 9.79 Å². The third-order valence-corrected chi connectivity index (χ3v) is 4.87. The molecule has 1 heterocycles. The van der Waals surface area contributed by atoms with Crippen molar-refractivity contribution in [3.8, 4) is 12.3 Å². The van der Waals surface area contributed by atoms with Gasteiger partial charge in [0.1, 0.15) is 0 Å². The lowest BCUT2D eigenvalue weighted by Crippen LogP contribution is -2.28. The van der Waals surface area contributed by atoms with E-state index in [0.717, 1.165) is 5.75 Å². The molecule has 110 valence electrons. The van der Waals surface area contributed by atoms with Crippen LogP contribution in [0.3, 0.4) is 0 Å². The molecule has 2 N–H and O–H groups in total. The molecule has 0 spiro atoms. The zero-order valence-electron chi connectivity index (χ0n) is 11.0. The summed E-state index contributed by atoms with van der Waals surface area (Å²) >= 11 is 1.45. The molecule has 0 aliphatic carbocycles. The third-order valence-electron chi connectivity index (χ3n) is 2.58. The molecule has 0 atom stereocenters. The summed E-state index contributed by atoms with van der Waals surface area (Å²) in [6.45, 7) is 0.566. The van der Waals surface area contributed by atoms with Gasteiger partial charge in [0.05, 0.1) is 18.0 Å². The second-order valence-electron chi connectivity index (χ2n) is 4.05. The monoisotopic (exact) mass is 323 g/mol. The zero-order valence-corrected chi connectivity index (χ0v) is 12.6. The fourth-order valence-corrected chi connectivity index (χ4v) is 3.31. The summed E-state index contributed by atoms with van der Waals surface area (Å²) in [4.78, 5) is 16.1. The highest BCUT2D eigenvalue weighted by atomic mass is 32.2. The number of hydrogen-bond acceptors (Lipinski definition) is 5. The fraction of sp³-hybridized carbons (Fsp3) is 0.231. The van der Waals surface area contributed by atoms with Crippen molar-refractivity contribution in [2.24, 2.45) is 4.99 Å². The van der Waals surface area contributed by atoms with Crippen molar-refractivity contribution in [3.63, 3.8) is 0 Å². The average Bonchev–Trinajstić information content (AvgIpc) is 2.98. The van der Waals surface area contributed by atoms with Crippen molar-refractivity contribution in [1.29, 1.82) is 0 Å². The van der Waals surface area contributed by atoms with Crippen LogP contribution in [0.25, 0.3) is 0 Å². The van der Waals surface area contributed by atoms with Crippen LogP contribution in [0.1, 0.15) is 10.4 Å². The Hall–Kier alpha value is -1.82. The number of nitrogens with zero attached hydrogens (tertiary/aromatic N) is 1. The summed E-state index contributed by atoms with van der Waals surface area (Å²) in [7, 11) is -3.71. The SMILES string of the molecule is C#CCNS(=O)(=O)c1cccc(C(=O)NC2=NCCS2)c1. The number of hydrogen-bond donors (Lipinski definition) is 2. The molecule has 0 fully saturated rings. The predicted octanol–water partition coefficient (Wildman–Crippen LogP) is 0.431. The number of rotatable bonds is 4. The number of thioether (sulfide) groups is 1. The molecule has 0 bridgehead atoms. The number of carbonyl (C=O) groups excluding carboxylic acids is 1. The summed E-state index contributed by atoms with van der Waals surface area (Å²) in [6, 6.07) is 5.74. The first-order valence-electron chi connectivity index (χ1n) is 6.05. The highest BCUT2D eigenvalue weighted by Crippen LogP contribution is 2.13. The molecule has 21 heavy (non-hydrogen) atoms. The lowest BCUT2D eigenvalue weighted by Gasteiger charge is -2.07. The summed E-state index contributed by atoms with van der Waals surface area (Å²) in [5, 5.41) is 3.20. The molecule has 6 nitrogen and oxygen atoms in total. The highest BCUT2D eigenvalue weighted by Gasteiger charge is 2.17. The molecule has 0 radical (unpaired) electrons. The second kappa shape index (κ2) is 6.76. The first-order valence-corrected chi connectivity index (χ1v) is 8.51. The Bertz CT molecular complexity index is 720. The van der Waals surface area contributed by atoms with Crippen molar-refractivity contribution >= 4 is 32.9 Å². The Morgan fingerprint density at radius 3 is 2.95 bits per heavy atom. The molecule has 1 aromatic carbocycles. The second-order valence-corrected chi connectivity index (χ2v) is 6.90. The van der Waals surface area contributed by atoms with Crippen LogP contribution in [0.15, 0.2) is 34.2 Å². The highest BCUT2D eigenvalue weighted by molar-refractivity contribution is 8.14. The maximum Gasteiger partial charge on any atom is 0.257 e. The molecule has 1 aliphatic heterocycles. The normalized spacial score (nSPS) is 14.3. The summed E-state index contributed by atoms with van der Waals surface area (Å²) in [5.41, 5.74) is 0.244. The van der Waals surface area contributed by atoms with Gasteiger partial charge >= 0.3 is 0 Å². The van der Waals surface area contributed by atoms with Crippen molar-refractivity contribution < 1.29 is 13.2 Å². The number of carbonyl (C=O) groups is 1. The minimum atomic E-state index is -3.71. The van der Waals surface area contributed by atoms with Gasteiger partial charge < -0.3 is 5.32 Å². The Morgan fingerprint density at radius 2 is 2.29 bits per heavy atom. The molecule has 0 aromatic heterocycles. The van der Waals surface area contributed by atoms with Gasteiger partial charge in [-0.25, -0.2) is 8.42 Å². The molecule has 1 amide bonds. The van der Waals surface area contributed by atoms with Crippen molar-refractivity contribution in [3.05, 3.63) is 29.8 Å². The minimum absolute atomic E-state index is 0.00795. The smallest absolute Gasteiger partial charge is 0.257 e. The third kappa shape index (κ3) is 4.07. The molecule has 1 aromatic rings. The van der Waals surface area contributed by atoms with E-state index >= 15 is 0 Å². The van der Waals surface area contributed by atoms with Gasteiger partial charge in [-0.05, 0) is 18.2 Å². The number of sulfonamides is 1. The van der Waals surface area contributed by atoms with Crippen LogP contribution in [0, 0.1) is 12.3 Å². The maximum absolute atomic E-state index is 12.0. The van der Waals surface area contributed by atoms with Gasteiger partial charge in [0.25, 0.3) is 5.91 Å². The van der Waals surface area contributed by atoms with E-state index in [1.54, 1.807) is 0 Å². The van der Waals surface area contributed by atoms with Crippen LogP contribution in [-0.4, -0.2) is 38.3 Å². The summed E-state index contributed by atoms with van der Waals surface area (Å²) in [6.07, 6.45) is 5.03. The van der Waals surface area contributed by atoms with E-state index in [0.29, 0.717) is 11.7 Å². The van der Waals surface area contributed by atoms with Crippen LogP contribution in [0.2, 0.25) is 0 Å². The maximum atomic E-state index is 12.0. The summed E-state index contributed by atoms with van der Waals surface area (Å²) in [5.74, 6) is 2.63. The Balaban J connectivity index is 2.17. The topological polar surface area (TPSA) is 87.6 Å². The fourth-order valence-electron chi connectivity index (χ4n) is 1.60. The number of amidine groups is 1. The van der Waals surface area contributed by atoms with E-state index < -0.39 is 15.9 Å². The Kier molecular flexibility index (Phi) is 5.01. The molecule has 1 aliphatic rings. The van der Waals surface area contributed by atoms with Gasteiger partial charge in [0.2, 0.25) is 10.0 Å². The van der Waals surface area contributed by atoms with Crippen LogP contribution in [0.4, 0.5) is 0 Å². The number of amides is 1. The Morgan fingerprint density at radius 1 is 1.48 bits per heavy atom. The van der Waals surface area contributed by atoms with E-state index in [9.17, 15) is 13.2 Å². The number of benzene rings is 1. The predicted molar refractivity (Wildman–Crippen MR) is 82.7 cm³/mol. The average molecular weight is 323 g/mol. The molecule has 8 heteroatoms. The van der Waals surface area contributed by atoms with Crippen LogP contribution in [0.5, 0.6) is 0 Å². The number of nitrogens with one attached hydrogen (secondary N) is 2. The van der Waals surface area contributed by atoms with Crippen molar-refractivity contribution in [1.82, 2.24) is 10.0 Å². The van der Waals surface area contributed by atoms with E-state index in [2.05, 4.69) is 21.0 Å². The van der Waals surface area contributed by atoms with Crippen LogP contribution in [-0.2, 0) is 10.0 Å². The first-order chi connectivity index (χ1) is 10.0. The van der Waals surface area contributed by atoms with Crippen molar-refractivity contribution in [2.45, 2.75) is 4.90 Å². The van der Waals surface area contributed by atoms with Crippen LogP contribution >= 0.6 is 11.8 Å². The van der Waals surface area contributed by atoms with Crippen LogP contribution < -0.4 is 10.0 Å². The molecule has 0 unspecified atom stereocenters. The molecular weight excluding hydrogens is 310 g/mol. The quantitative estimate of drug-likeness (QED) is 0.787. The van der Waals surface area contributed by atoms with Gasteiger partial charge in [0.15, 0.2) is 5.17 Å². The molecule has 0 saturated heterocycles. The van der Waals surface area contributed by atoms with Gasteiger partial charge in [-0.1, -0.05) is 23.7 Å². The van der Waals surface area contributed by atoms with E-state index in [1.165, 1.54) is 36.0 Å². The lowest BCUT2D eigenvalue weighted by molar-refractivity contribution is 0.0978. The number of aliphatic imine (C=N–C) groups is 1. The van der Waals surface area contributed by atoms with E-state index in [-0.39, 0.29) is 17.0 Å².